The van der Waals surface area contributed by atoms with Crippen molar-refractivity contribution in [3.8, 4) is 0 Å². The average molecular weight is 494 g/mol. The van der Waals surface area contributed by atoms with Crippen molar-refractivity contribution in [3.05, 3.63) is 108 Å². The van der Waals surface area contributed by atoms with Gasteiger partial charge in [-0.05, 0) is 72.2 Å². The van der Waals surface area contributed by atoms with Crippen LogP contribution in [0.5, 0.6) is 0 Å². The molecule has 0 saturated heterocycles. The second-order valence-corrected chi connectivity index (χ2v) is 8.30. The summed E-state index contributed by atoms with van der Waals surface area (Å²) in [5, 5.41) is 10.4. The number of rotatable bonds is 7. The minimum atomic E-state index is -0.611. The lowest BCUT2D eigenvalue weighted by molar-refractivity contribution is -0.111. The first-order chi connectivity index (χ1) is 17.9. The number of hydrogen-bond donors (Lipinski definition) is 3. The van der Waals surface area contributed by atoms with Gasteiger partial charge in [0.25, 0.3) is 0 Å². The summed E-state index contributed by atoms with van der Waals surface area (Å²) in [5.74, 6) is -1.00. The second-order valence-electron chi connectivity index (χ2n) is 8.30. The quantitative estimate of drug-likeness (QED) is 0.197. The smallest absolute Gasteiger partial charge is 0.340 e. The van der Waals surface area contributed by atoms with Gasteiger partial charge in [0.15, 0.2) is 0 Å². The summed E-state index contributed by atoms with van der Waals surface area (Å²) in [6.45, 7) is 3.72. The van der Waals surface area contributed by atoms with Crippen molar-refractivity contribution in [3.63, 3.8) is 0 Å². The first kappa shape index (κ1) is 25.2. The lowest BCUT2D eigenvalue weighted by atomic mass is 10.0. The Kier molecular flexibility index (Phi) is 7.95. The molecule has 37 heavy (non-hydrogen) atoms. The highest BCUT2D eigenvalue weighted by molar-refractivity contribution is 6.09. The van der Waals surface area contributed by atoms with Gasteiger partial charge in [-0.1, -0.05) is 54.6 Å². The summed E-state index contributed by atoms with van der Waals surface area (Å²) in [6, 6.07) is 27.2. The topological polar surface area (TPSA) is 96.5 Å². The van der Waals surface area contributed by atoms with E-state index < -0.39 is 17.9 Å². The standard InChI is InChI=1S/C30H27N3O4/c1-3-37-29(35)26-19-25(32-30(36)31-24-11-5-4-6-12-24)15-16-27(26)33-28(34)17-20(2)22-14-13-21-9-7-8-10-23(21)18-22/h4-19H,3H2,1-2H3,(H,33,34)(H2,31,32,36). The molecular weight excluding hydrogens is 466 g/mol. The predicted octanol–water partition coefficient (Wildman–Crippen LogP) is 6.70. The molecule has 0 aromatic heterocycles. The molecule has 0 radical (unpaired) electrons. The summed E-state index contributed by atoms with van der Waals surface area (Å²) in [4.78, 5) is 37.8. The summed E-state index contributed by atoms with van der Waals surface area (Å²) in [5.41, 5.74) is 3.10. The minimum absolute atomic E-state index is 0.129. The van der Waals surface area contributed by atoms with Crippen LogP contribution in [-0.2, 0) is 9.53 Å². The van der Waals surface area contributed by atoms with Crippen LogP contribution in [0.15, 0.2) is 97.1 Å². The maximum Gasteiger partial charge on any atom is 0.340 e. The molecule has 0 unspecified atom stereocenters. The van der Waals surface area contributed by atoms with Crippen LogP contribution in [0.4, 0.5) is 21.9 Å². The van der Waals surface area contributed by atoms with Crippen molar-refractivity contribution in [1.82, 2.24) is 0 Å². The highest BCUT2D eigenvalue weighted by Gasteiger charge is 2.16. The van der Waals surface area contributed by atoms with Crippen molar-refractivity contribution >= 4 is 51.3 Å². The van der Waals surface area contributed by atoms with Gasteiger partial charge in [-0.2, -0.15) is 0 Å². The van der Waals surface area contributed by atoms with Gasteiger partial charge < -0.3 is 20.7 Å². The minimum Gasteiger partial charge on any atom is -0.462 e. The number of ether oxygens (including phenoxy) is 1. The molecule has 0 aliphatic heterocycles. The first-order valence-corrected chi connectivity index (χ1v) is 11.9. The summed E-state index contributed by atoms with van der Waals surface area (Å²) >= 11 is 0. The van der Waals surface area contributed by atoms with Crippen molar-refractivity contribution in [1.29, 1.82) is 0 Å². The van der Waals surface area contributed by atoms with E-state index in [1.165, 1.54) is 12.1 Å². The fraction of sp³-hybridized carbons (Fsp3) is 0.100. The number of nitrogens with one attached hydrogen (secondary N) is 3. The maximum atomic E-state index is 12.8. The summed E-state index contributed by atoms with van der Waals surface area (Å²) < 4.78 is 5.16. The van der Waals surface area contributed by atoms with E-state index >= 15 is 0 Å². The van der Waals surface area contributed by atoms with E-state index in [4.69, 9.17) is 4.74 Å². The molecule has 186 valence electrons. The Labute approximate surface area is 215 Å². The number of urea groups is 1. The van der Waals surface area contributed by atoms with Crippen LogP contribution < -0.4 is 16.0 Å². The SMILES string of the molecule is CCOC(=O)c1cc(NC(=O)Nc2ccccc2)ccc1NC(=O)C=C(C)c1ccc2ccccc2c1. The van der Waals surface area contributed by atoms with Crippen LogP contribution in [0.2, 0.25) is 0 Å². The number of allylic oxidation sites excluding steroid dienone is 1. The molecule has 4 aromatic carbocycles. The van der Waals surface area contributed by atoms with Gasteiger partial charge in [-0.3, -0.25) is 4.79 Å². The number of hydrogen-bond acceptors (Lipinski definition) is 4. The normalized spacial score (nSPS) is 11.0. The van der Waals surface area contributed by atoms with E-state index in [1.807, 2.05) is 67.6 Å². The molecule has 0 aliphatic rings. The van der Waals surface area contributed by atoms with E-state index in [2.05, 4.69) is 16.0 Å². The number of anilines is 3. The van der Waals surface area contributed by atoms with Crippen LogP contribution in [0.3, 0.4) is 0 Å². The maximum absolute atomic E-state index is 12.8. The molecule has 0 saturated carbocycles. The van der Waals surface area contributed by atoms with Crippen LogP contribution in [0, 0.1) is 0 Å². The molecular formula is C30H27N3O4. The Morgan fingerprint density at radius 2 is 1.46 bits per heavy atom. The molecule has 3 amide bonds. The molecule has 3 N–H and O–H groups in total. The van der Waals surface area contributed by atoms with Gasteiger partial charge in [-0.15, -0.1) is 0 Å². The number of amides is 3. The first-order valence-electron chi connectivity index (χ1n) is 11.9. The number of fused-ring (bicyclic) bond motifs is 1. The lowest BCUT2D eigenvalue weighted by Gasteiger charge is -2.13. The van der Waals surface area contributed by atoms with E-state index in [1.54, 1.807) is 31.2 Å². The van der Waals surface area contributed by atoms with Crippen molar-refractivity contribution in [2.24, 2.45) is 0 Å². The van der Waals surface area contributed by atoms with Gasteiger partial charge in [0.2, 0.25) is 5.91 Å². The Hall–Kier alpha value is -4.91. The molecule has 4 aromatic rings. The molecule has 7 heteroatoms. The zero-order valence-electron chi connectivity index (χ0n) is 20.6. The Balaban J connectivity index is 1.51. The van der Waals surface area contributed by atoms with Crippen molar-refractivity contribution < 1.29 is 19.1 Å². The molecule has 4 rings (SSSR count). The third-order valence-electron chi connectivity index (χ3n) is 5.61. The molecule has 7 nitrogen and oxygen atoms in total. The van der Waals surface area contributed by atoms with Crippen molar-refractivity contribution in [2.45, 2.75) is 13.8 Å². The Bertz CT molecular complexity index is 1480. The van der Waals surface area contributed by atoms with Gasteiger partial charge >= 0.3 is 12.0 Å². The number of esters is 1. The Morgan fingerprint density at radius 3 is 2.22 bits per heavy atom. The van der Waals surface area contributed by atoms with E-state index in [-0.39, 0.29) is 17.9 Å². The highest BCUT2D eigenvalue weighted by Crippen LogP contribution is 2.24. The number of benzene rings is 4. The van der Waals surface area contributed by atoms with Gasteiger partial charge in [0.05, 0.1) is 17.9 Å². The molecule has 0 aliphatic carbocycles. The monoisotopic (exact) mass is 493 g/mol. The molecule has 0 spiro atoms. The second kappa shape index (κ2) is 11.7. The average Bonchev–Trinajstić information content (AvgIpc) is 2.89. The molecule has 0 atom stereocenters. The van der Waals surface area contributed by atoms with Crippen LogP contribution >= 0.6 is 0 Å². The fourth-order valence-corrected chi connectivity index (χ4v) is 3.81. The molecule has 0 bridgehead atoms. The lowest BCUT2D eigenvalue weighted by Crippen LogP contribution is -2.20. The third-order valence-corrected chi connectivity index (χ3v) is 5.61. The zero-order chi connectivity index (χ0) is 26.2. The molecule has 0 fully saturated rings. The number of carbonyl (C=O) groups excluding carboxylic acids is 3. The molecule has 0 heterocycles. The number of para-hydroxylation sites is 1. The number of carbonyl (C=O) groups is 3. The van der Waals surface area contributed by atoms with Gasteiger partial charge in [0, 0.05) is 17.5 Å². The largest absolute Gasteiger partial charge is 0.462 e. The Morgan fingerprint density at radius 1 is 0.757 bits per heavy atom. The van der Waals surface area contributed by atoms with Gasteiger partial charge in [0.1, 0.15) is 0 Å². The fourth-order valence-electron chi connectivity index (χ4n) is 3.81. The predicted molar refractivity (Wildman–Crippen MR) is 148 cm³/mol. The van der Waals surface area contributed by atoms with Crippen LogP contribution in [0.1, 0.15) is 29.8 Å². The highest BCUT2D eigenvalue weighted by atomic mass is 16.5. The van der Waals surface area contributed by atoms with Crippen molar-refractivity contribution in [2.75, 3.05) is 22.6 Å². The van der Waals surface area contributed by atoms with Crippen LogP contribution in [-0.4, -0.2) is 24.5 Å². The van der Waals surface area contributed by atoms with Crippen LogP contribution in [0.25, 0.3) is 16.3 Å². The van der Waals surface area contributed by atoms with E-state index in [0.717, 1.165) is 21.9 Å². The summed E-state index contributed by atoms with van der Waals surface area (Å²) in [6.07, 6.45) is 1.48. The van der Waals surface area contributed by atoms with Gasteiger partial charge in [-0.25, -0.2) is 9.59 Å². The zero-order valence-corrected chi connectivity index (χ0v) is 20.6. The summed E-state index contributed by atoms with van der Waals surface area (Å²) in [7, 11) is 0. The van der Waals surface area contributed by atoms with E-state index in [9.17, 15) is 14.4 Å². The third kappa shape index (κ3) is 6.61. The van der Waals surface area contributed by atoms with E-state index in [0.29, 0.717) is 11.4 Å².